The van der Waals surface area contributed by atoms with Crippen LogP contribution in [0.1, 0.15) is 32.8 Å². The van der Waals surface area contributed by atoms with Gasteiger partial charge in [0.1, 0.15) is 5.75 Å². The van der Waals surface area contributed by atoms with Gasteiger partial charge in [0.15, 0.2) is 5.76 Å². The minimum Gasteiger partial charge on any atom is -0.494 e. The molecule has 0 bridgehead atoms. The highest BCUT2D eigenvalue weighted by Crippen LogP contribution is 2.23. The predicted molar refractivity (Wildman–Crippen MR) is 103 cm³/mol. The largest absolute Gasteiger partial charge is 0.494 e. The monoisotopic (exact) mass is 405 g/mol. The summed E-state index contributed by atoms with van der Waals surface area (Å²) in [7, 11) is -3.67. The molecule has 0 fully saturated rings. The van der Waals surface area contributed by atoms with E-state index in [-0.39, 0.29) is 23.0 Å². The third kappa shape index (κ3) is 4.47. The molecular weight excluding hydrogens is 386 g/mol. The summed E-state index contributed by atoms with van der Waals surface area (Å²) < 4.78 is 38.2. The van der Waals surface area contributed by atoms with E-state index in [0.29, 0.717) is 17.2 Å². The Morgan fingerprint density at radius 2 is 2.04 bits per heavy atom. The Labute approximate surface area is 161 Å². The molecule has 2 aromatic heterocycles. The van der Waals surface area contributed by atoms with Crippen LogP contribution in [0, 0.1) is 6.92 Å². The van der Waals surface area contributed by atoms with E-state index in [4.69, 9.17) is 9.15 Å². The van der Waals surface area contributed by atoms with Crippen LogP contribution in [0.15, 0.2) is 58.0 Å². The van der Waals surface area contributed by atoms with Gasteiger partial charge in [-0.15, -0.1) is 11.3 Å². The normalized spacial score (nSPS) is 11.5. The maximum Gasteiger partial charge on any atom is 0.240 e. The van der Waals surface area contributed by atoms with E-state index in [1.54, 1.807) is 43.3 Å². The zero-order valence-electron chi connectivity index (χ0n) is 14.9. The first-order valence-electron chi connectivity index (χ1n) is 8.30. The van der Waals surface area contributed by atoms with Crippen LogP contribution >= 0.6 is 11.3 Å². The first-order chi connectivity index (χ1) is 12.9. The Morgan fingerprint density at radius 1 is 1.22 bits per heavy atom. The van der Waals surface area contributed by atoms with E-state index < -0.39 is 10.0 Å². The maximum absolute atomic E-state index is 12.5. The number of thiophene rings is 1. The van der Waals surface area contributed by atoms with Gasteiger partial charge in [-0.05, 0) is 61.9 Å². The van der Waals surface area contributed by atoms with Crippen LogP contribution in [0.5, 0.6) is 5.75 Å². The number of carbonyl (C=O) groups excluding carboxylic acids is 1. The molecule has 0 saturated carbocycles. The van der Waals surface area contributed by atoms with E-state index >= 15 is 0 Å². The molecule has 3 rings (SSSR count). The topological polar surface area (TPSA) is 85.6 Å². The molecule has 0 aliphatic heterocycles. The van der Waals surface area contributed by atoms with Gasteiger partial charge in [0.05, 0.1) is 22.6 Å². The number of rotatable bonds is 8. The van der Waals surface area contributed by atoms with Crippen LogP contribution in [0.25, 0.3) is 0 Å². The van der Waals surface area contributed by atoms with E-state index in [1.807, 2.05) is 6.92 Å². The van der Waals surface area contributed by atoms with Crippen molar-refractivity contribution >= 4 is 27.1 Å². The highest BCUT2D eigenvalue weighted by Gasteiger charge is 2.18. The van der Waals surface area contributed by atoms with Gasteiger partial charge in [0.2, 0.25) is 15.8 Å². The Kier molecular flexibility index (Phi) is 5.79. The molecule has 0 spiro atoms. The smallest absolute Gasteiger partial charge is 0.240 e. The van der Waals surface area contributed by atoms with Gasteiger partial charge in [-0.2, -0.15) is 0 Å². The molecule has 0 saturated heterocycles. The highest BCUT2D eigenvalue weighted by atomic mass is 32.2. The van der Waals surface area contributed by atoms with Crippen LogP contribution < -0.4 is 9.46 Å². The van der Waals surface area contributed by atoms with Gasteiger partial charge in [-0.25, -0.2) is 13.1 Å². The fraction of sp³-hybridized carbons (Fsp3) is 0.211. The molecule has 6 nitrogen and oxygen atoms in total. The Bertz CT molecular complexity index is 1040. The Hall–Kier alpha value is -2.42. The zero-order valence-corrected chi connectivity index (χ0v) is 16.5. The summed E-state index contributed by atoms with van der Waals surface area (Å²) in [5, 5.41) is 0. The van der Waals surface area contributed by atoms with Crippen molar-refractivity contribution in [2.24, 2.45) is 0 Å². The van der Waals surface area contributed by atoms with Crippen LogP contribution in [0.4, 0.5) is 0 Å². The number of sulfonamides is 1. The van der Waals surface area contributed by atoms with Gasteiger partial charge in [-0.1, -0.05) is 0 Å². The van der Waals surface area contributed by atoms with E-state index in [2.05, 4.69) is 4.72 Å². The van der Waals surface area contributed by atoms with Gasteiger partial charge >= 0.3 is 0 Å². The predicted octanol–water partition coefficient (Wildman–Crippen LogP) is 3.76. The van der Waals surface area contributed by atoms with Gasteiger partial charge in [0, 0.05) is 11.4 Å². The quantitative estimate of drug-likeness (QED) is 0.577. The lowest BCUT2D eigenvalue weighted by Gasteiger charge is -2.10. The van der Waals surface area contributed by atoms with Crippen molar-refractivity contribution in [1.82, 2.24) is 4.72 Å². The van der Waals surface area contributed by atoms with Crippen LogP contribution in [-0.4, -0.2) is 20.8 Å². The zero-order chi connectivity index (χ0) is 19.4. The molecule has 2 heterocycles. The van der Waals surface area contributed by atoms with E-state index in [1.165, 1.54) is 23.7 Å². The lowest BCUT2D eigenvalue weighted by atomic mass is 10.2. The first-order valence-corrected chi connectivity index (χ1v) is 10.6. The number of furan rings is 1. The molecule has 0 aliphatic rings. The number of benzene rings is 1. The molecule has 1 aromatic carbocycles. The van der Waals surface area contributed by atoms with Gasteiger partial charge < -0.3 is 9.15 Å². The second-order valence-electron chi connectivity index (χ2n) is 5.76. The summed E-state index contributed by atoms with van der Waals surface area (Å²) in [5.74, 6) is 0.700. The minimum atomic E-state index is -3.67. The third-order valence-corrected chi connectivity index (χ3v) is 6.31. The Morgan fingerprint density at radius 3 is 2.70 bits per heavy atom. The minimum absolute atomic E-state index is 0.102. The Balaban J connectivity index is 1.69. The number of hydrogen-bond acceptors (Lipinski definition) is 6. The van der Waals surface area contributed by atoms with Crippen molar-refractivity contribution in [3.8, 4) is 5.75 Å². The standard InChI is InChI=1S/C19H19NO5S2/c1-3-24-16-8-7-15(11-13(16)2)27(22,23)20-12-14-6-9-18(26-14)19(21)17-5-4-10-25-17/h4-11,20H,3,12H2,1-2H3. The van der Waals surface area contributed by atoms with Gasteiger partial charge in [0.25, 0.3) is 0 Å². The van der Waals surface area contributed by atoms with Gasteiger partial charge in [-0.3, -0.25) is 4.79 Å². The highest BCUT2D eigenvalue weighted by molar-refractivity contribution is 7.89. The summed E-state index contributed by atoms with van der Waals surface area (Å²) in [6.45, 7) is 4.29. The van der Waals surface area contributed by atoms with Crippen LogP contribution in [0.3, 0.4) is 0 Å². The van der Waals surface area contributed by atoms with Crippen molar-refractivity contribution in [3.63, 3.8) is 0 Å². The SMILES string of the molecule is CCOc1ccc(S(=O)(=O)NCc2ccc(C(=O)c3ccco3)s2)cc1C. The second-order valence-corrected chi connectivity index (χ2v) is 8.69. The summed E-state index contributed by atoms with van der Waals surface area (Å²) in [4.78, 5) is 13.6. The van der Waals surface area contributed by atoms with E-state index in [9.17, 15) is 13.2 Å². The van der Waals surface area contributed by atoms with Crippen molar-refractivity contribution in [3.05, 3.63) is 69.8 Å². The summed E-state index contributed by atoms with van der Waals surface area (Å²) in [6.07, 6.45) is 1.44. The number of carbonyl (C=O) groups is 1. The number of hydrogen-bond donors (Lipinski definition) is 1. The molecule has 0 aliphatic carbocycles. The molecule has 27 heavy (non-hydrogen) atoms. The number of aryl methyl sites for hydroxylation is 1. The molecule has 0 radical (unpaired) electrons. The third-order valence-electron chi connectivity index (χ3n) is 3.82. The molecule has 3 aromatic rings. The average molecular weight is 405 g/mol. The molecule has 1 N–H and O–H groups in total. The lowest BCUT2D eigenvalue weighted by Crippen LogP contribution is -2.22. The summed E-state index contributed by atoms with van der Waals surface area (Å²) >= 11 is 1.23. The van der Waals surface area contributed by atoms with Crippen molar-refractivity contribution in [1.29, 1.82) is 0 Å². The fourth-order valence-electron chi connectivity index (χ4n) is 2.48. The van der Waals surface area contributed by atoms with Crippen LogP contribution in [-0.2, 0) is 16.6 Å². The first kappa shape index (κ1) is 19.3. The molecule has 0 amide bonds. The molecule has 142 valence electrons. The number of nitrogens with one attached hydrogen (secondary N) is 1. The lowest BCUT2D eigenvalue weighted by molar-refractivity contribution is 0.101. The van der Waals surface area contributed by atoms with Crippen molar-refractivity contribution in [2.75, 3.05) is 6.61 Å². The van der Waals surface area contributed by atoms with Crippen LogP contribution in [0.2, 0.25) is 0 Å². The average Bonchev–Trinajstić information content (AvgIpc) is 3.33. The number of ketones is 1. The molecule has 0 unspecified atom stereocenters. The maximum atomic E-state index is 12.5. The molecule has 8 heteroatoms. The molecular formula is C19H19NO5S2. The van der Waals surface area contributed by atoms with E-state index in [0.717, 1.165) is 10.4 Å². The summed E-state index contributed by atoms with van der Waals surface area (Å²) in [5.41, 5.74) is 0.752. The second kappa shape index (κ2) is 8.08. The van der Waals surface area contributed by atoms with Crippen molar-refractivity contribution in [2.45, 2.75) is 25.3 Å². The fourth-order valence-corrected chi connectivity index (χ4v) is 4.56. The number of ether oxygens (including phenoxy) is 1. The summed E-state index contributed by atoms with van der Waals surface area (Å²) in [6, 6.07) is 11.4. The molecule has 0 atom stereocenters. The van der Waals surface area contributed by atoms with Crippen molar-refractivity contribution < 1.29 is 22.4 Å².